The van der Waals surface area contributed by atoms with Crippen LogP contribution in [0.3, 0.4) is 0 Å². The first-order valence-electron chi connectivity index (χ1n) is 6.26. The maximum Gasteiger partial charge on any atom is 0.311 e. The Morgan fingerprint density at radius 1 is 1.17 bits per heavy atom. The predicted octanol–water partition coefficient (Wildman–Crippen LogP) is -0.0290. The molecule has 2 rings (SSSR count). The molecule has 2 atom stereocenters. The normalized spacial score (nSPS) is 29.2. The van der Waals surface area contributed by atoms with Crippen molar-refractivity contribution >= 4 is 11.9 Å². The van der Waals surface area contributed by atoms with Crippen LogP contribution in [0.25, 0.3) is 0 Å². The summed E-state index contributed by atoms with van der Waals surface area (Å²) in [6.45, 7) is 1.70. The van der Waals surface area contributed by atoms with Crippen molar-refractivity contribution in [3.63, 3.8) is 0 Å². The lowest BCUT2D eigenvalue weighted by molar-refractivity contribution is -0.146. The lowest BCUT2D eigenvalue weighted by Gasteiger charge is -2.31. The molecule has 18 heavy (non-hydrogen) atoms. The number of carbonyl (C=O) groups is 2. The number of likely N-dealkylation sites (N-methyl/N-ethyl adjacent to an activating group) is 1. The molecular formula is C12H19NO5. The van der Waals surface area contributed by atoms with Gasteiger partial charge < -0.3 is 19.5 Å². The molecule has 6 nitrogen and oxygen atoms in total. The molecule has 2 aliphatic heterocycles. The standard InChI is InChI=1S/C12H19NO5/c1-13(10-7-18-6-9(10)12(15)16)11(14)8-2-4-17-5-3-8/h8-10H,2-7H2,1H3,(H,15,16). The first-order valence-corrected chi connectivity index (χ1v) is 6.26. The highest BCUT2D eigenvalue weighted by atomic mass is 16.5. The minimum Gasteiger partial charge on any atom is -0.481 e. The van der Waals surface area contributed by atoms with Crippen LogP contribution in [0.2, 0.25) is 0 Å². The third-order valence-corrected chi connectivity index (χ3v) is 3.78. The van der Waals surface area contributed by atoms with E-state index in [1.165, 1.54) is 0 Å². The van der Waals surface area contributed by atoms with E-state index in [-0.39, 0.29) is 24.5 Å². The van der Waals surface area contributed by atoms with E-state index < -0.39 is 11.9 Å². The molecule has 0 radical (unpaired) electrons. The van der Waals surface area contributed by atoms with Crippen LogP contribution in [0, 0.1) is 11.8 Å². The Morgan fingerprint density at radius 2 is 1.83 bits per heavy atom. The quantitative estimate of drug-likeness (QED) is 0.768. The highest BCUT2D eigenvalue weighted by molar-refractivity contribution is 5.80. The maximum atomic E-state index is 12.3. The number of carboxylic acids is 1. The van der Waals surface area contributed by atoms with Gasteiger partial charge in [0.2, 0.25) is 5.91 Å². The van der Waals surface area contributed by atoms with E-state index in [1.807, 2.05) is 0 Å². The molecule has 0 aromatic carbocycles. The van der Waals surface area contributed by atoms with Gasteiger partial charge in [-0.25, -0.2) is 0 Å². The fourth-order valence-electron chi connectivity index (χ4n) is 2.56. The summed E-state index contributed by atoms with van der Waals surface area (Å²) >= 11 is 0. The second-order valence-corrected chi connectivity index (χ2v) is 4.89. The summed E-state index contributed by atoms with van der Waals surface area (Å²) in [5, 5.41) is 9.09. The van der Waals surface area contributed by atoms with Crippen LogP contribution >= 0.6 is 0 Å². The number of nitrogens with zero attached hydrogens (tertiary/aromatic N) is 1. The number of carbonyl (C=O) groups excluding carboxylic acids is 1. The zero-order valence-electron chi connectivity index (χ0n) is 10.5. The zero-order valence-corrected chi connectivity index (χ0v) is 10.5. The number of aliphatic carboxylic acids is 1. The van der Waals surface area contributed by atoms with Crippen molar-refractivity contribution < 1.29 is 24.2 Å². The van der Waals surface area contributed by atoms with E-state index in [1.54, 1.807) is 11.9 Å². The Kier molecular flexibility index (Phi) is 4.19. The third kappa shape index (κ3) is 2.64. The van der Waals surface area contributed by atoms with E-state index in [0.29, 0.717) is 32.7 Å². The summed E-state index contributed by atoms with van der Waals surface area (Å²) in [7, 11) is 1.67. The molecule has 0 aliphatic carbocycles. The van der Waals surface area contributed by atoms with Crippen molar-refractivity contribution in [2.45, 2.75) is 18.9 Å². The lowest BCUT2D eigenvalue weighted by Crippen LogP contribution is -2.47. The summed E-state index contributed by atoms with van der Waals surface area (Å²) in [5.41, 5.74) is 0. The molecule has 102 valence electrons. The van der Waals surface area contributed by atoms with Gasteiger partial charge >= 0.3 is 5.97 Å². The van der Waals surface area contributed by atoms with Crippen LogP contribution in [-0.4, -0.2) is 61.4 Å². The van der Waals surface area contributed by atoms with Crippen LogP contribution in [0.1, 0.15) is 12.8 Å². The number of carboxylic acid groups (broad SMARTS) is 1. The molecule has 2 heterocycles. The summed E-state index contributed by atoms with van der Waals surface area (Å²) < 4.78 is 10.4. The van der Waals surface area contributed by atoms with E-state index in [0.717, 1.165) is 0 Å². The minimum absolute atomic E-state index is 0.0139. The number of ether oxygens (including phenoxy) is 2. The van der Waals surface area contributed by atoms with E-state index in [2.05, 4.69) is 0 Å². The second-order valence-electron chi connectivity index (χ2n) is 4.89. The molecule has 6 heteroatoms. The highest BCUT2D eigenvalue weighted by Gasteiger charge is 2.40. The van der Waals surface area contributed by atoms with Crippen LogP contribution in [0.15, 0.2) is 0 Å². The maximum absolute atomic E-state index is 12.3. The molecule has 2 unspecified atom stereocenters. The van der Waals surface area contributed by atoms with Crippen LogP contribution in [0.5, 0.6) is 0 Å². The molecule has 1 amide bonds. The SMILES string of the molecule is CN(C(=O)C1CCOCC1)C1COCC1C(=O)O. The van der Waals surface area contributed by atoms with Crippen molar-refractivity contribution in [3.8, 4) is 0 Å². The second kappa shape index (κ2) is 5.67. The van der Waals surface area contributed by atoms with Crippen molar-refractivity contribution in [1.82, 2.24) is 4.90 Å². The van der Waals surface area contributed by atoms with Crippen molar-refractivity contribution in [3.05, 3.63) is 0 Å². The molecule has 1 N–H and O–H groups in total. The molecule has 2 fully saturated rings. The van der Waals surface area contributed by atoms with Gasteiger partial charge in [-0.15, -0.1) is 0 Å². The lowest BCUT2D eigenvalue weighted by atomic mass is 9.96. The molecule has 0 spiro atoms. The molecule has 0 aromatic heterocycles. The van der Waals surface area contributed by atoms with E-state index in [9.17, 15) is 9.59 Å². The van der Waals surface area contributed by atoms with Crippen LogP contribution in [-0.2, 0) is 19.1 Å². The van der Waals surface area contributed by atoms with Crippen molar-refractivity contribution in [1.29, 1.82) is 0 Å². The zero-order chi connectivity index (χ0) is 13.1. The molecule has 0 aromatic rings. The topological polar surface area (TPSA) is 76.1 Å². The van der Waals surface area contributed by atoms with Gasteiger partial charge in [0.05, 0.1) is 19.3 Å². The third-order valence-electron chi connectivity index (χ3n) is 3.78. The number of amides is 1. The summed E-state index contributed by atoms with van der Waals surface area (Å²) in [6.07, 6.45) is 1.43. The van der Waals surface area contributed by atoms with Gasteiger partial charge in [-0.2, -0.15) is 0 Å². The van der Waals surface area contributed by atoms with Crippen LogP contribution in [0.4, 0.5) is 0 Å². The smallest absolute Gasteiger partial charge is 0.311 e. The Balaban J connectivity index is 1.98. The Morgan fingerprint density at radius 3 is 2.44 bits per heavy atom. The average Bonchev–Trinajstić information content (AvgIpc) is 2.87. The largest absolute Gasteiger partial charge is 0.481 e. The Bertz CT molecular complexity index is 326. The first-order chi connectivity index (χ1) is 8.61. The molecular weight excluding hydrogens is 238 g/mol. The van der Waals surface area contributed by atoms with Crippen LogP contribution < -0.4 is 0 Å². The van der Waals surface area contributed by atoms with Gasteiger partial charge in [0.1, 0.15) is 5.92 Å². The first kappa shape index (κ1) is 13.3. The number of rotatable bonds is 3. The highest BCUT2D eigenvalue weighted by Crippen LogP contribution is 2.23. The Labute approximate surface area is 106 Å². The Hall–Kier alpha value is -1.14. The van der Waals surface area contributed by atoms with Crippen molar-refractivity contribution in [2.24, 2.45) is 11.8 Å². The average molecular weight is 257 g/mol. The fraction of sp³-hybridized carbons (Fsp3) is 0.833. The number of hydrogen-bond donors (Lipinski definition) is 1. The fourth-order valence-corrected chi connectivity index (χ4v) is 2.56. The molecule has 2 saturated heterocycles. The van der Waals surface area contributed by atoms with E-state index in [4.69, 9.17) is 14.6 Å². The summed E-state index contributed by atoms with van der Waals surface area (Å²) in [6, 6.07) is -0.349. The van der Waals surface area contributed by atoms with Crippen molar-refractivity contribution in [2.75, 3.05) is 33.5 Å². The van der Waals surface area contributed by atoms with E-state index >= 15 is 0 Å². The summed E-state index contributed by atoms with van der Waals surface area (Å²) in [4.78, 5) is 24.9. The molecule has 0 saturated carbocycles. The predicted molar refractivity (Wildman–Crippen MR) is 62.0 cm³/mol. The molecule has 2 aliphatic rings. The monoisotopic (exact) mass is 257 g/mol. The van der Waals surface area contributed by atoms with Gasteiger partial charge in [0, 0.05) is 26.2 Å². The van der Waals surface area contributed by atoms with Gasteiger partial charge in [0.15, 0.2) is 0 Å². The van der Waals surface area contributed by atoms with Gasteiger partial charge in [0.25, 0.3) is 0 Å². The number of hydrogen-bond acceptors (Lipinski definition) is 4. The van der Waals surface area contributed by atoms with Gasteiger partial charge in [-0.3, -0.25) is 9.59 Å². The minimum atomic E-state index is -0.899. The van der Waals surface area contributed by atoms with Gasteiger partial charge in [-0.05, 0) is 12.8 Å². The van der Waals surface area contributed by atoms with Gasteiger partial charge in [-0.1, -0.05) is 0 Å². The summed E-state index contributed by atoms with van der Waals surface area (Å²) in [5.74, 6) is -1.54. The molecule has 0 bridgehead atoms.